The average Bonchev–Trinajstić information content (AvgIpc) is 1.06. The van der Waals surface area contributed by atoms with Crippen LogP contribution in [0.25, 0.3) is 189 Å². The lowest BCUT2D eigenvalue weighted by molar-refractivity contribution is 0.421. The molecule has 582 valence electrons. The van der Waals surface area contributed by atoms with Gasteiger partial charge in [0.25, 0.3) is 0 Å². The van der Waals surface area contributed by atoms with E-state index in [2.05, 4.69) is 64.1 Å². The molecule has 0 spiro atoms. The molecule has 0 unspecified atom stereocenters. The van der Waals surface area contributed by atoms with Gasteiger partial charge in [0.2, 0.25) is 5.71 Å². The van der Waals surface area contributed by atoms with Crippen molar-refractivity contribution in [1.82, 2.24) is 49.8 Å². The predicted molar refractivity (Wildman–Crippen MR) is 484 cm³/mol. The molecule has 0 aliphatic rings. The van der Waals surface area contributed by atoms with Gasteiger partial charge in [-0.1, -0.05) is 333 Å². The van der Waals surface area contributed by atoms with Crippen LogP contribution in [0.5, 0.6) is 0 Å². The third kappa shape index (κ3) is 16.5. The summed E-state index contributed by atoms with van der Waals surface area (Å²) in [4.78, 5) is 42.5. The lowest BCUT2D eigenvalue weighted by Gasteiger charge is -2.12. The lowest BCUT2D eigenvalue weighted by Crippen LogP contribution is -2.36. The summed E-state index contributed by atoms with van der Waals surface area (Å²) in [6.45, 7) is 0. The Hall–Kier alpha value is -15.2. The molecule has 0 amide bonds. The quantitative estimate of drug-likeness (QED) is 0.0469. The minimum Gasteiger partial charge on any atom is -0.456 e. The number of aromatic nitrogens is 10. The number of para-hydroxylation sites is 2. The summed E-state index contributed by atoms with van der Waals surface area (Å²) in [5, 5.41) is 85.0. The van der Waals surface area contributed by atoms with Crippen molar-refractivity contribution in [2.75, 3.05) is 0 Å². The standard InChI is InChI=1S/C32H21BN2O3.C25H18BN3O2.C21H16BN3O2.C20H13BN2O3/c36-33(37)26-17-7-15-24-30-25(16-8-18-29(30)38-31(24)26)32-34-27(21-10-2-1-3-11-21)19-28(35-32)23-14-6-12-20-9-4-5-13-22(20)23;30-26(31)25-28-23(20-15-13-18(14-16-20)17-7-2-1-3-8-17)27-24(29-25)22-12-6-10-19-9-4-5-11-21(19)22;26-22(27)21-24-19(17-9-5-2-6-10-17)23-20(25-21)18-13-11-16(12-14-18)15-7-3-1-4-8-15;24-21(25)19-17(14-10-9-12-5-1-2-6-13(12)11-14)22-18-15-7-3-4-8-16(15)26-20(18)23-19/h1-19,36-37H;1-16,30-31H;1-14,26-27H;1-11,24-25H/i;1D,2D,3D,4D,5D,6D,7D,8D,9D,10D,11D,12D,13D,14D,15D,16D;1D,2D,3D,4D,5D,6D,7D,8D,9D,10D,11D,12D,13D,14D;. The summed E-state index contributed by atoms with van der Waals surface area (Å²) < 4.78 is 259. The summed E-state index contributed by atoms with van der Waals surface area (Å²) in [5.74, 6) is -2.20. The number of rotatable bonds is 14. The van der Waals surface area contributed by atoms with Crippen LogP contribution in [-0.4, -0.2) is 119 Å². The van der Waals surface area contributed by atoms with E-state index in [1.807, 2.05) is 146 Å². The van der Waals surface area contributed by atoms with Crippen molar-refractivity contribution in [2.24, 2.45) is 0 Å². The first-order chi connectivity index (χ1) is 72.2. The third-order valence-electron chi connectivity index (χ3n) is 18.7. The van der Waals surface area contributed by atoms with Crippen LogP contribution in [0.15, 0.2) is 372 Å². The maximum atomic E-state index is 10.0. The van der Waals surface area contributed by atoms with Crippen molar-refractivity contribution in [2.45, 2.75) is 0 Å². The fourth-order valence-corrected chi connectivity index (χ4v) is 13.1. The van der Waals surface area contributed by atoms with Crippen LogP contribution in [-0.2, 0) is 0 Å². The zero-order valence-electron chi connectivity index (χ0n) is 92.5. The van der Waals surface area contributed by atoms with Crippen molar-refractivity contribution in [3.63, 3.8) is 0 Å². The van der Waals surface area contributed by atoms with Crippen LogP contribution in [0.4, 0.5) is 0 Å². The largest absolute Gasteiger partial charge is 0.528 e. The number of hydrogen-bond acceptors (Lipinski definition) is 20. The average molecular weight is 1620 g/mol. The molecule has 0 saturated carbocycles. The molecule has 0 saturated heterocycles. The zero-order valence-corrected chi connectivity index (χ0v) is 62.5. The van der Waals surface area contributed by atoms with Gasteiger partial charge in [0.15, 0.2) is 40.6 Å². The van der Waals surface area contributed by atoms with Crippen LogP contribution in [0.2, 0.25) is 0 Å². The van der Waals surface area contributed by atoms with E-state index in [1.54, 1.807) is 12.1 Å². The third-order valence-corrected chi connectivity index (χ3v) is 18.7. The monoisotopic (exact) mass is 1620 g/mol. The Labute approximate surface area is 741 Å². The Balaban J connectivity index is 0.000000134. The summed E-state index contributed by atoms with van der Waals surface area (Å²) in [5.41, 5.74) is 2.18. The minimum atomic E-state index is -2.46. The molecule has 122 heavy (non-hydrogen) atoms. The molecule has 0 aliphatic heterocycles. The number of fused-ring (bicyclic) bond motifs is 9. The topological polar surface area (TPSA) is 317 Å². The molecule has 0 radical (unpaired) electrons. The van der Waals surface area contributed by atoms with Crippen molar-refractivity contribution < 1.29 is 90.1 Å². The summed E-state index contributed by atoms with van der Waals surface area (Å²) in [7, 11) is -8.24. The highest BCUT2D eigenvalue weighted by Crippen LogP contribution is 2.39. The maximum absolute atomic E-state index is 10.0. The first-order valence-corrected chi connectivity index (χ1v) is 36.7. The van der Waals surface area contributed by atoms with Gasteiger partial charge in [0.05, 0.1) is 58.2 Å². The van der Waals surface area contributed by atoms with E-state index < -0.39 is 300 Å². The summed E-state index contributed by atoms with van der Waals surface area (Å²) in [6.07, 6.45) is 0. The molecule has 0 bridgehead atoms. The SMILES string of the molecule is OB(O)c1cccc2c1oc1cccc(-c3nc(-c4ccccc4)cc(-c4cccc5ccccc45)n3)c12.OB(O)c1nc2oc3ccccc3c2nc1-c1ccc2ccccc2c1.[2H]c1c([2H])c([2H])c(-c2c([2H])c([2H])c(-c3nc(B(O)O)nc(-c4c([2H])c([2H])c([2H])c5c([2H])c([2H])c([2H])c([2H])c45)n3)c([2H])c2[2H])c([2H])c1[2H].[2H]c1c([2H])c([2H])c(-c2nc(B(O)O)nc(-c3c([2H])c([2H])c(-c4c([2H])c([2H])c([2H])c([2H])c4[2H])c([2H])c3[2H])n2)c([2H])c1[2H]. The molecule has 21 rings (SSSR count). The summed E-state index contributed by atoms with van der Waals surface area (Å²) in [6, 6.07) is 35.6. The molecule has 0 aliphatic carbocycles. The van der Waals surface area contributed by atoms with E-state index in [-0.39, 0.29) is 5.59 Å². The molecule has 6 aromatic heterocycles. The van der Waals surface area contributed by atoms with E-state index in [9.17, 15) is 40.2 Å². The Morgan fingerprint density at radius 3 is 1.41 bits per heavy atom. The second-order valence-corrected chi connectivity index (χ2v) is 26.3. The van der Waals surface area contributed by atoms with Gasteiger partial charge in [0, 0.05) is 66.1 Å². The Kier molecular flexibility index (Phi) is 14.4. The number of nitrogens with zero attached hydrogens (tertiary/aromatic N) is 10. The molecule has 8 N–H and O–H groups in total. The molecular weight excluding hydrogens is 1520 g/mol. The van der Waals surface area contributed by atoms with Crippen LogP contribution in [0, 0.1) is 0 Å². The van der Waals surface area contributed by atoms with Crippen LogP contribution >= 0.6 is 0 Å². The Bertz CT molecular complexity index is 9210. The van der Waals surface area contributed by atoms with Gasteiger partial charge in [-0.15, -0.1) is 0 Å². The highest BCUT2D eigenvalue weighted by Gasteiger charge is 2.28. The van der Waals surface area contributed by atoms with E-state index >= 15 is 0 Å². The molecule has 21 aromatic rings. The van der Waals surface area contributed by atoms with Crippen LogP contribution < -0.4 is 22.5 Å². The Morgan fingerprint density at radius 1 is 0.262 bits per heavy atom. The zero-order chi connectivity index (χ0) is 109. The van der Waals surface area contributed by atoms with Gasteiger partial charge < -0.3 is 49.0 Å². The van der Waals surface area contributed by atoms with Crippen molar-refractivity contribution in [3.05, 3.63) is 363 Å². The van der Waals surface area contributed by atoms with Crippen LogP contribution in [0.1, 0.15) is 41.1 Å². The lowest BCUT2D eigenvalue weighted by atomic mass is 9.79. The molecule has 6 heterocycles. The highest BCUT2D eigenvalue weighted by molar-refractivity contribution is 6.62. The van der Waals surface area contributed by atoms with Crippen molar-refractivity contribution >= 4 is 127 Å². The first kappa shape index (κ1) is 50.5. The van der Waals surface area contributed by atoms with Gasteiger partial charge in [-0.3, -0.25) is 0 Å². The number of hydrogen-bond donors (Lipinski definition) is 8. The molecular formula is C98H68B4N10O10. The predicted octanol–water partition coefficient (Wildman–Crippen LogP) is 15.3. The highest BCUT2D eigenvalue weighted by atomic mass is 16.4. The normalized spacial score (nSPS) is 14.6. The van der Waals surface area contributed by atoms with E-state index in [0.717, 1.165) is 71.3 Å². The number of benzene rings is 15. The van der Waals surface area contributed by atoms with E-state index in [0.29, 0.717) is 45.0 Å². The fraction of sp³-hybridized carbons (Fsp3) is 0. The second kappa shape index (κ2) is 34.8. The fourth-order valence-electron chi connectivity index (χ4n) is 13.1. The molecule has 24 heteroatoms. The minimum absolute atomic E-state index is 0.0758. The van der Waals surface area contributed by atoms with Gasteiger partial charge in [-0.05, 0) is 84.9 Å². The van der Waals surface area contributed by atoms with Crippen LogP contribution in [0.3, 0.4) is 0 Å². The second-order valence-electron chi connectivity index (χ2n) is 26.3. The summed E-state index contributed by atoms with van der Waals surface area (Å²) >= 11 is 0. The Morgan fingerprint density at radius 2 is 0.754 bits per heavy atom. The first-order valence-electron chi connectivity index (χ1n) is 51.7. The number of furan rings is 2. The van der Waals surface area contributed by atoms with Crippen molar-refractivity contribution in [3.8, 4) is 113 Å². The van der Waals surface area contributed by atoms with E-state index in [4.69, 9.17) is 59.9 Å². The smallest absolute Gasteiger partial charge is 0.456 e. The van der Waals surface area contributed by atoms with Crippen molar-refractivity contribution in [1.29, 1.82) is 0 Å². The molecule has 20 nitrogen and oxygen atoms in total. The molecule has 15 aromatic carbocycles. The molecule has 0 atom stereocenters. The molecule has 0 fully saturated rings. The van der Waals surface area contributed by atoms with Gasteiger partial charge in [0.1, 0.15) is 27.9 Å². The van der Waals surface area contributed by atoms with E-state index in [1.165, 1.54) is 0 Å². The maximum Gasteiger partial charge on any atom is 0.528 e. The van der Waals surface area contributed by atoms with Gasteiger partial charge in [-0.2, -0.15) is 0 Å². The van der Waals surface area contributed by atoms with Gasteiger partial charge >= 0.3 is 28.5 Å². The van der Waals surface area contributed by atoms with Gasteiger partial charge in [-0.25, -0.2) is 49.8 Å².